The second-order valence-corrected chi connectivity index (χ2v) is 5.26. The number of nitrogens with zero attached hydrogens (tertiary/aromatic N) is 1. The Hall–Kier alpha value is -2.04. The Morgan fingerprint density at radius 2 is 2.11 bits per heavy atom. The van der Waals surface area contributed by atoms with Gasteiger partial charge in [-0.3, -0.25) is 9.59 Å². The van der Waals surface area contributed by atoms with Crippen LogP contribution in [-0.2, 0) is 4.79 Å². The van der Waals surface area contributed by atoms with Gasteiger partial charge in [-0.15, -0.1) is 0 Å². The first-order valence-corrected chi connectivity index (χ1v) is 6.16. The standard InChI is InChI=1S/C14H17NO4/c1-14(2,13(17)18)9-15-7-8-19-11-6-4-3-5-10(11)12(15)16/h3-6H,7-9H2,1-2H3,(H,17,18). The van der Waals surface area contributed by atoms with Crippen LogP contribution in [0.3, 0.4) is 0 Å². The number of aliphatic carboxylic acids is 1. The van der Waals surface area contributed by atoms with E-state index >= 15 is 0 Å². The molecule has 102 valence electrons. The third kappa shape index (κ3) is 2.70. The fourth-order valence-electron chi connectivity index (χ4n) is 2.00. The molecule has 5 nitrogen and oxygen atoms in total. The van der Waals surface area contributed by atoms with E-state index < -0.39 is 11.4 Å². The van der Waals surface area contributed by atoms with E-state index in [9.17, 15) is 9.59 Å². The SMILES string of the molecule is CC(C)(CN1CCOc2ccccc2C1=O)C(=O)O. The van der Waals surface area contributed by atoms with E-state index in [1.54, 1.807) is 36.9 Å². The second-order valence-electron chi connectivity index (χ2n) is 5.26. The molecule has 0 saturated heterocycles. The summed E-state index contributed by atoms with van der Waals surface area (Å²) in [4.78, 5) is 25.1. The lowest BCUT2D eigenvalue weighted by Crippen LogP contribution is -2.43. The molecule has 0 aliphatic carbocycles. The lowest BCUT2D eigenvalue weighted by atomic mass is 9.93. The maximum atomic E-state index is 12.4. The van der Waals surface area contributed by atoms with Crippen LogP contribution < -0.4 is 4.74 Å². The summed E-state index contributed by atoms with van der Waals surface area (Å²) in [5.41, 5.74) is -0.490. The quantitative estimate of drug-likeness (QED) is 0.900. The Morgan fingerprint density at radius 3 is 2.79 bits per heavy atom. The van der Waals surface area contributed by atoms with Crippen molar-refractivity contribution in [1.82, 2.24) is 4.90 Å². The smallest absolute Gasteiger partial charge is 0.310 e. The van der Waals surface area contributed by atoms with Gasteiger partial charge in [0.05, 0.1) is 17.5 Å². The van der Waals surface area contributed by atoms with E-state index in [-0.39, 0.29) is 12.5 Å². The fraction of sp³-hybridized carbons (Fsp3) is 0.429. The van der Waals surface area contributed by atoms with Crippen molar-refractivity contribution >= 4 is 11.9 Å². The number of carbonyl (C=O) groups excluding carboxylic acids is 1. The van der Waals surface area contributed by atoms with Crippen molar-refractivity contribution < 1.29 is 19.4 Å². The van der Waals surface area contributed by atoms with Crippen molar-refractivity contribution in [3.05, 3.63) is 29.8 Å². The lowest BCUT2D eigenvalue weighted by molar-refractivity contribution is -0.147. The Labute approximate surface area is 111 Å². The molecule has 2 rings (SSSR count). The van der Waals surface area contributed by atoms with Gasteiger partial charge in [0.2, 0.25) is 0 Å². The zero-order valence-electron chi connectivity index (χ0n) is 11.0. The highest BCUT2D eigenvalue weighted by Gasteiger charge is 2.33. The fourth-order valence-corrected chi connectivity index (χ4v) is 2.00. The summed E-state index contributed by atoms with van der Waals surface area (Å²) in [7, 11) is 0. The van der Waals surface area contributed by atoms with Gasteiger partial charge in [0.1, 0.15) is 12.4 Å². The molecule has 0 saturated carbocycles. The highest BCUT2D eigenvalue weighted by atomic mass is 16.5. The second kappa shape index (κ2) is 4.91. The van der Waals surface area contributed by atoms with Crippen LogP contribution in [0.4, 0.5) is 0 Å². The molecule has 1 aliphatic rings. The average Bonchev–Trinajstić information content (AvgIpc) is 2.50. The summed E-state index contributed by atoms with van der Waals surface area (Å²) in [5.74, 6) is -0.538. The molecule has 0 aromatic heterocycles. The molecule has 1 heterocycles. The molecule has 1 aromatic rings. The molecule has 1 amide bonds. The van der Waals surface area contributed by atoms with Crippen LogP contribution in [0.1, 0.15) is 24.2 Å². The van der Waals surface area contributed by atoms with Gasteiger partial charge in [-0.1, -0.05) is 12.1 Å². The van der Waals surface area contributed by atoms with E-state index in [0.717, 1.165) is 0 Å². The minimum absolute atomic E-state index is 0.166. The van der Waals surface area contributed by atoms with Crippen LogP contribution in [-0.4, -0.2) is 41.6 Å². The molecule has 0 spiro atoms. The molecule has 0 radical (unpaired) electrons. The topological polar surface area (TPSA) is 66.8 Å². The molecule has 1 aliphatic heterocycles. The number of carboxylic acids is 1. The predicted molar refractivity (Wildman–Crippen MR) is 69.3 cm³/mol. The molecular weight excluding hydrogens is 246 g/mol. The molecule has 5 heteroatoms. The molecule has 0 bridgehead atoms. The summed E-state index contributed by atoms with van der Waals surface area (Å²) < 4.78 is 5.51. The van der Waals surface area contributed by atoms with E-state index in [0.29, 0.717) is 24.5 Å². The maximum absolute atomic E-state index is 12.4. The number of benzene rings is 1. The molecular formula is C14H17NO4. The number of ether oxygens (including phenoxy) is 1. The van der Waals surface area contributed by atoms with Gasteiger partial charge in [-0.25, -0.2) is 0 Å². The van der Waals surface area contributed by atoms with E-state index in [1.165, 1.54) is 0 Å². The third-order valence-corrected chi connectivity index (χ3v) is 3.19. The zero-order valence-corrected chi connectivity index (χ0v) is 11.0. The minimum atomic E-state index is -0.977. The van der Waals surface area contributed by atoms with Crippen LogP contribution >= 0.6 is 0 Å². The number of rotatable bonds is 3. The largest absolute Gasteiger partial charge is 0.491 e. The molecule has 19 heavy (non-hydrogen) atoms. The summed E-state index contributed by atoms with van der Waals surface area (Å²) >= 11 is 0. The lowest BCUT2D eigenvalue weighted by Gasteiger charge is -2.28. The van der Waals surface area contributed by atoms with Gasteiger partial charge in [-0.05, 0) is 26.0 Å². The van der Waals surface area contributed by atoms with Gasteiger partial charge in [0.15, 0.2) is 0 Å². The predicted octanol–water partition coefficient (Wildman–Crippen LogP) is 1.63. The van der Waals surface area contributed by atoms with Crippen molar-refractivity contribution in [2.75, 3.05) is 19.7 Å². The molecule has 1 N–H and O–H groups in total. The normalized spacial score (nSPS) is 15.5. The van der Waals surface area contributed by atoms with Gasteiger partial charge >= 0.3 is 5.97 Å². The summed E-state index contributed by atoms with van der Waals surface area (Å²) in [6.07, 6.45) is 0. The van der Waals surface area contributed by atoms with E-state index in [1.807, 2.05) is 6.07 Å². The van der Waals surface area contributed by atoms with E-state index in [4.69, 9.17) is 9.84 Å². The summed E-state index contributed by atoms with van der Waals surface area (Å²) in [6.45, 7) is 4.15. The van der Waals surface area contributed by atoms with Gasteiger partial charge in [0.25, 0.3) is 5.91 Å². The average molecular weight is 263 g/mol. The summed E-state index contributed by atoms with van der Waals surface area (Å²) in [5, 5.41) is 9.15. The van der Waals surface area contributed by atoms with Crippen LogP contribution in [0.25, 0.3) is 0 Å². The monoisotopic (exact) mass is 263 g/mol. The van der Waals surface area contributed by atoms with Crippen LogP contribution in [0.15, 0.2) is 24.3 Å². The van der Waals surface area contributed by atoms with E-state index in [2.05, 4.69) is 0 Å². The van der Waals surface area contributed by atoms with Gasteiger partial charge < -0.3 is 14.7 Å². The van der Waals surface area contributed by atoms with Crippen molar-refractivity contribution in [3.8, 4) is 5.75 Å². The van der Waals surface area contributed by atoms with Crippen LogP contribution in [0.2, 0.25) is 0 Å². The minimum Gasteiger partial charge on any atom is -0.491 e. The van der Waals surface area contributed by atoms with Crippen LogP contribution in [0.5, 0.6) is 5.75 Å². The Morgan fingerprint density at radius 1 is 1.42 bits per heavy atom. The molecule has 0 fully saturated rings. The number of hydrogen-bond acceptors (Lipinski definition) is 3. The summed E-state index contributed by atoms with van der Waals surface area (Å²) in [6, 6.07) is 7.03. The number of hydrogen-bond donors (Lipinski definition) is 1. The maximum Gasteiger partial charge on any atom is 0.310 e. The number of fused-ring (bicyclic) bond motifs is 1. The third-order valence-electron chi connectivity index (χ3n) is 3.19. The number of carbonyl (C=O) groups is 2. The Bertz CT molecular complexity index is 510. The Kier molecular flexibility index (Phi) is 3.46. The highest BCUT2D eigenvalue weighted by Crippen LogP contribution is 2.25. The van der Waals surface area contributed by atoms with Crippen molar-refractivity contribution in [2.45, 2.75) is 13.8 Å². The van der Waals surface area contributed by atoms with Gasteiger partial charge in [-0.2, -0.15) is 0 Å². The van der Waals surface area contributed by atoms with Crippen molar-refractivity contribution in [3.63, 3.8) is 0 Å². The van der Waals surface area contributed by atoms with Crippen molar-refractivity contribution in [2.24, 2.45) is 5.41 Å². The Balaban J connectivity index is 2.25. The zero-order chi connectivity index (χ0) is 14.0. The molecule has 1 aromatic carbocycles. The number of amides is 1. The van der Waals surface area contributed by atoms with Crippen molar-refractivity contribution in [1.29, 1.82) is 0 Å². The number of para-hydroxylation sites is 1. The highest BCUT2D eigenvalue weighted by molar-refractivity contribution is 5.97. The first-order chi connectivity index (χ1) is 8.92. The molecule has 0 unspecified atom stereocenters. The molecule has 0 atom stereocenters. The van der Waals surface area contributed by atoms with Gasteiger partial charge in [0, 0.05) is 6.54 Å². The first-order valence-electron chi connectivity index (χ1n) is 6.16. The van der Waals surface area contributed by atoms with Crippen LogP contribution in [0, 0.1) is 5.41 Å². The number of carboxylic acid groups (broad SMARTS) is 1. The first kappa shape index (κ1) is 13.4.